The highest BCUT2D eigenvalue weighted by atomic mass is 16.5. The first-order valence-electron chi connectivity index (χ1n) is 12.8. The van der Waals surface area contributed by atoms with Crippen molar-refractivity contribution in [3.63, 3.8) is 0 Å². The first-order valence-corrected chi connectivity index (χ1v) is 12.8. The molecule has 0 saturated heterocycles. The molecule has 0 spiro atoms. The number of carbonyl (C=O) groups is 2. The molecule has 1 N–H and O–H groups in total. The smallest absolute Gasteiger partial charge is 0.261 e. The maximum Gasteiger partial charge on any atom is 0.261 e. The van der Waals surface area contributed by atoms with Gasteiger partial charge >= 0.3 is 0 Å². The molecule has 4 rings (SSSR count). The number of carbonyl (C=O) groups excluding carboxylic acids is 2. The van der Waals surface area contributed by atoms with Gasteiger partial charge in [0.15, 0.2) is 6.61 Å². The van der Waals surface area contributed by atoms with E-state index in [4.69, 9.17) is 4.74 Å². The van der Waals surface area contributed by atoms with E-state index in [1.807, 2.05) is 74.5 Å². The third kappa shape index (κ3) is 6.41. The molecular formula is C30H36N2O3. The fourth-order valence-electron chi connectivity index (χ4n) is 5.01. The van der Waals surface area contributed by atoms with Gasteiger partial charge in [-0.25, -0.2) is 0 Å². The van der Waals surface area contributed by atoms with Crippen molar-refractivity contribution in [1.29, 1.82) is 0 Å². The average molecular weight is 473 g/mol. The Labute approximate surface area is 208 Å². The molecule has 0 heterocycles. The van der Waals surface area contributed by atoms with E-state index in [0.29, 0.717) is 18.7 Å². The average Bonchev–Trinajstić information content (AvgIpc) is 2.87. The molecule has 1 aliphatic rings. The first-order chi connectivity index (χ1) is 17.0. The van der Waals surface area contributed by atoms with E-state index in [1.54, 1.807) is 4.90 Å². The van der Waals surface area contributed by atoms with Crippen LogP contribution in [0.2, 0.25) is 0 Å². The van der Waals surface area contributed by atoms with Gasteiger partial charge in [0.05, 0.1) is 0 Å². The molecule has 184 valence electrons. The van der Waals surface area contributed by atoms with Crippen molar-refractivity contribution in [2.24, 2.45) is 0 Å². The molecule has 35 heavy (non-hydrogen) atoms. The molecule has 2 amide bonds. The van der Waals surface area contributed by atoms with Crippen LogP contribution in [0.25, 0.3) is 10.8 Å². The highest BCUT2D eigenvalue weighted by Crippen LogP contribution is 2.25. The van der Waals surface area contributed by atoms with E-state index in [9.17, 15) is 9.59 Å². The van der Waals surface area contributed by atoms with Gasteiger partial charge in [-0.05, 0) is 43.2 Å². The van der Waals surface area contributed by atoms with Crippen LogP contribution in [0, 0.1) is 6.92 Å². The molecule has 3 aromatic rings. The highest BCUT2D eigenvalue weighted by Gasteiger charge is 2.30. The summed E-state index contributed by atoms with van der Waals surface area (Å²) in [5.74, 6) is 0.419. The first kappa shape index (κ1) is 24.8. The van der Waals surface area contributed by atoms with Crippen LogP contribution in [-0.2, 0) is 16.1 Å². The number of hydrogen-bond donors (Lipinski definition) is 1. The summed E-state index contributed by atoms with van der Waals surface area (Å²) in [6, 6.07) is 21.6. The van der Waals surface area contributed by atoms with E-state index in [2.05, 4.69) is 11.4 Å². The molecule has 0 bridgehead atoms. The minimum absolute atomic E-state index is 0.0643. The lowest BCUT2D eigenvalue weighted by Gasteiger charge is -2.32. The summed E-state index contributed by atoms with van der Waals surface area (Å²) in [5.41, 5.74) is 2.13. The molecule has 1 aliphatic carbocycles. The Kier molecular flexibility index (Phi) is 8.40. The number of fused-ring (bicyclic) bond motifs is 1. The van der Waals surface area contributed by atoms with Crippen LogP contribution in [0.5, 0.6) is 5.75 Å². The van der Waals surface area contributed by atoms with E-state index < -0.39 is 6.04 Å². The van der Waals surface area contributed by atoms with Gasteiger partial charge in [-0.1, -0.05) is 92.4 Å². The summed E-state index contributed by atoms with van der Waals surface area (Å²) >= 11 is 0. The SMILES string of the molecule is CCC(C(=O)NC1CCCCC1)N(Cc1cccc(C)c1)C(=O)COc1cccc2ccccc12. The van der Waals surface area contributed by atoms with Crippen LogP contribution in [0.1, 0.15) is 56.6 Å². The number of amides is 2. The Hall–Kier alpha value is -3.34. The van der Waals surface area contributed by atoms with Crippen molar-refractivity contribution in [3.05, 3.63) is 77.9 Å². The zero-order valence-corrected chi connectivity index (χ0v) is 20.8. The number of hydrogen-bond acceptors (Lipinski definition) is 3. The molecule has 1 atom stereocenters. The maximum atomic E-state index is 13.6. The van der Waals surface area contributed by atoms with Crippen molar-refractivity contribution in [2.45, 2.75) is 71.0 Å². The van der Waals surface area contributed by atoms with Gasteiger partial charge < -0.3 is 15.0 Å². The number of benzene rings is 3. The highest BCUT2D eigenvalue weighted by molar-refractivity contribution is 5.90. The van der Waals surface area contributed by atoms with Gasteiger partial charge in [-0.2, -0.15) is 0 Å². The van der Waals surface area contributed by atoms with Gasteiger partial charge in [0.1, 0.15) is 11.8 Å². The van der Waals surface area contributed by atoms with Crippen molar-refractivity contribution in [3.8, 4) is 5.75 Å². The standard InChI is InChI=1S/C30H36N2O3/c1-3-27(30(34)31-25-15-5-4-6-16-25)32(20-23-12-9-11-22(2)19-23)29(33)21-35-28-18-10-14-24-13-7-8-17-26(24)28/h7-14,17-19,25,27H,3-6,15-16,20-21H2,1-2H3,(H,31,34). The lowest BCUT2D eigenvalue weighted by molar-refractivity contribution is -0.143. The van der Waals surface area contributed by atoms with Crippen LogP contribution in [0.3, 0.4) is 0 Å². The predicted molar refractivity (Wildman–Crippen MR) is 140 cm³/mol. The molecule has 5 heteroatoms. The number of rotatable bonds is 9. The van der Waals surface area contributed by atoms with Crippen molar-refractivity contribution in [2.75, 3.05) is 6.61 Å². The Bertz CT molecular complexity index is 1150. The Morgan fingerprint density at radius 3 is 2.51 bits per heavy atom. The molecule has 1 unspecified atom stereocenters. The summed E-state index contributed by atoms with van der Waals surface area (Å²) in [7, 11) is 0. The lowest BCUT2D eigenvalue weighted by atomic mass is 9.95. The predicted octanol–water partition coefficient (Wildman–Crippen LogP) is 5.78. The van der Waals surface area contributed by atoms with Crippen LogP contribution in [0.15, 0.2) is 66.7 Å². The molecule has 3 aromatic carbocycles. The van der Waals surface area contributed by atoms with Crippen molar-refractivity contribution < 1.29 is 14.3 Å². The summed E-state index contributed by atoms with van der Waals surface area (Å²) < 4.78 is 6.02. The summed E-state index contributed by atoms with van der Waals surface area (Å²) in [5, 5.41) is 5.26. The van der Waals surface area contributed by atoms with E-state index in [1.165, 1.54) is 6.42 Å². The van der Waals surface area contributed by atoms with E-state index in [-0.39, 0.29) is 24.5 Å². The molecular weight excluding hydrogens is 436 g/mol. The van der Waals surface area contributed by atoms with E-state index in [0.717, 1.165) is 47.6 Å². The topological polar surface area (TPSA) is 58.6 Å². The van der Waals surface area contributed by atoms with Crippen molar-refractivity contribution >= 4 is 22.6 Å². The maximum absolute atomic E-state index is 13.6. The largest absolute Gasteiger partial charge is 0.483 e. The summed E-state index contributed by atoms with van der Waals surface area (Å²) in [6.07, 6.45) is 6.09. The number of nitrogens with one attached hydrogen (secondary N) is 1. The zero-order valence-electron chi connectivity index (χ0n) is 20.8. The monoisotopic (exact) mass is 472 g/mol. The minimum Gasteiger partial charge on any atom is -0.483 e. The number of ether oxygens (including phenoxy) is 1. The molecule has 1 fully saturated rings. The van der Waals surface area contributed by atoms with Gasteiger partial charge in [-0.15, -0.1) is 0 Å². The quantitative estimate of drug-likeness (QED) is 0.429. The van der Waals surface area contributed by atoms with E-state index >= 15 is 0 Å². The van der Waals surface area contributed by atoms with Gasteiger partial charge in [0, 0.05) is 18.0 Å². The molecule has 1 saturated carbocycles. The third-order valence-corrected chi connectivity index (χ3v) is 6.87. The fourth-order valence-corrected chi connectivity index (χ4v) is 5.01. The van der Waals surface area contributed by atoms with Gasteiger partial charge in [0.25, 0.3) is 5.91 Å². The second-order valence-electron chi connectivity index (χ2n) is 9.54. The Balaban J connectivity index is 1.53. The fraction of sp³-hybridized carbons (Fsp3) is 0.400. The van der Waals surface area contributed by atoms with Crippen molar-refractivity contribution in [1.82, 2.24) is 10.2 Å². The van der Waals surface area contributed by atoms with Gasteiger partial charge in [0.2, 0.25) is 5.91 Å². The van der Waals surface area contributed by atoms with Crippen LogP contribution >= 0.6 is 0 Å². The van der Waals surface area contributed by atoms with Crippen LogP contribution in [0.4, 0.5) is 0 Å². The molecule has 5 nitrogen and oxygen atoms in total. The van der Waals surface area contributed by atoms with Crippen LogP contribution in [-0.4, -0.2) is 35.4 Å². The summed E-state index contributed by atoms with van der Waals surface area (Å²) in [4.78, 5) is 28.6. The molecule has 0 aromatic heterocycles. The minimum atomic E-state index is -0.541. The summed E-state index contributed by atoms with van der Waals surface area (Å²) in [6.45, 7) is 4.25. The third-order valence-electron chi connectivity index (χ3n) is 6.87. The molecule has 0 aliphatic heterocycles. The Morgan fingerprint density at radius 2 is 1.74 bits per heavy atom. The normalized spacial score (nSPS) is 14.9. The lowest BCUT2D eigenvalue weighted by Crippen LogP contribution is -2.52. The Morgan fingerprint density at radius 1 is 1.00 bits per heavy atom. The second-order valence-corrected chi connectivity index (χ2v) is 9.54. The van der Waals surface area contributed by atoms with Crippen LogP contribution < -0.4 is 10.1 Å². The molecule has 0 radical (unpaired) electrons. The second kappa shape index (κ2) is 11.9. The van der Waals surface area contributed by atoms with Gasteiger partial charge in [-0.3, -0.25) is 9.59 Å². The number of nitrogens with zero attached hydrogens (tertiary/aromatic N) is 1. The number of aryl methyl sites for hydroxylation is 1. The zero-order chi connectivity index (χ0) is 24.6.